The molecule has 11 heteroatoms. The number of thiazole rings is 1. The van der Waals surface area contributed by atoms with Crippen molar-refractivity contribution < 1.29 is 31.9 Å². The molecule has 34 heavy (non-hydrogen) atoms. The van der Waals surface area contributed by atoms with E-state index in [0.29, 0.717) is 12.1 Å². The Bertz CT molecular complexity index is 1180. The highest BCUT2D eigenvalue weighted by Gasteiger charge is 2.30. The van der Waals surface area contributed by atoms with E-state index < -0.39 is 24.0 Å². The molecule has 0 saturated carbocycles. The van der Waals surface area contributed by atoms with Gasteiger partial charge in [0.15, 0.2) is 5.13 Å². The van der Waals surface area contributed by atoms with Crippen molar-refractivity contribution in [3.8, 4) is 5.75 Å². The highest BCUT2D eigenvalue weighted by molar-refractivity contribution is 7.14. The summed E-state index contributed by atoms with van der Waals surface area (Å²) in [6.07, 6.45) is -1.62. The predicted molar refractivity (Wildman–Crippen MR) is 120 cm³/mol. The zero-order valence-corrected chi connectivity index (χ0v) is 18.6. The lowest BCUT2D eigenvalue weighted by Gasteiger charge is -2.18. The van der Waals surface area contributed by atoms with Crippen molar-refractivity contribution in [3.05, 3.63) is 77.1 Å². The van der Waals surface area contributed by atoms with E-state index in [9.17, 15) is 27.2 Å². The van der Waals surface area contributed by atoms with Crippen molar-refractivity contribution in [1.82, 2.24) is 10.3 Å². The van der Waals surface area contributed by atoms with Crippen molar-refractivity contribution in [2.75, 3.05) is 11.4 Å². The highest BCUT2D eigenvalue weighted by atomic mass is 32.1. The quantitative estimate of drug-likeness (QED) is 0.344. The van der Waals surface area contributed by atoms with Gasteiger partial charge in [-0.25, -0.2) is 9.37 Å². The molecular weight excluding hydrogens is 474 g/mol. The third kappa shape index (κ3) is 7.14. The molecule has 0 aliphatic heterocycles. The van der Waals surface area contributed by atoms with Gasteiger partial charge in [0.1, 0.15) is 11.6 Å². The molecule has 0 aliphatic carbocycles. The zero-order valence-electron chi connectivity index (χ0n) is 17.8. The van der Waals surface area contributed by atoms with E-state index >= 15 is 0 Å². The normalized spacial score (nSPS) is 11.4. The number of anilines is 2. The van der Waals surface area contributed by atoms with E-state index in [1.54, 1.807) is 11.4 Å². The van der Waals surface area contributed by atoms with Crippen molar-refractivity contribution in [3.63, 3.8) is 0 Å². The van der Waals surface area contributed by atoms with Crippen molar-refractivity contribution in [2.45, 2.75) is 19.7 Å². The first-order chi connectivity index (χ1) is 16.1. The second kappa shape index (κ2) is 10.9. The lowest BCUT2D eigenvalue weighted by molar-refractivity contribution is -0.274. The van der Waals surface area contributed by atoms with Crippen LogP contribution >= 0.6 is 11.3 Å². The van der Waals surface area contributed by atoms with Gasteiger partial charge in [0.05, 0.1) is 11.4 Å². The first-order valence-electron chi connectivity index (χ1n) is 9.94. The number of amides is 2. The largest absolute Gasteiger partial charge is 0.573 e. The summed E-state index contributed by atoms with van der Waals surface area (Å²) < 4.78 is 54.5. The van der Waals surface area contributed by atoms with Crippen LogP contribution in [0.3, 0.4) is 0 Å². The molecule has 1 aromatic heterocycles. The molecule has 0 radical (unpaired) electrons. The summed E-state index contributed by atoms with van der Waals surface area (Å²) in [5.41, 5.74) is 1.22. The number of aromatic nitrogens is 1. The first kappa shape index (κ1) is 24.9. The van der Waals surface area contributed by atoms with E-state index in [1.165, 1.54) is 61.5 Å². The number of rotatable bonds is 8. The molecule has 2 amide bonds. The van der Waals surface area contributed by atoms with Gasteiger partial charge in [-0.1, -0.05) is 24.3 Å². The van der Waals surface area contributed by atoms with Gasteiger partial charge < -0.3 is 10.1 Å². The maximum Gasteiger partial charge on any atom is 0.573 e. The van der Waals surface area contributed by atoms with Crippen LogP contribution in [-0.2, 0) is 16.0 Å². The van der Waals surface area contributed by atoms with Gasteiger partial charge in [-0.2, -0.15) is 0 Å². The Labute approximate surface area is 196 Å². The van der Waals surface area contributed by atoms with Crippen LogP contribution in [-0.4, -0.2) is 29.7 Å². The summed E-state index contributed by atoms with van der Waals surface area (Å²) in [6, 6.07) is 11.2. The number of benzene rings is 2. The van der Waals surface area contributed by atoms with E-state index in [-0.39, 0.29) is 23.1 Å². The number of alkyl halides is 3. The Kier molecular flexibility index (Phi) is 8.00. The fourth-order valence-corrected chi connectivity index (χ4v) is 3.75. The Morgan fingerprint density at radius 2 is 1.85 bits per heavy atom. The zero-order chi connectivity index (χ0) is 24.7. The lowest BCUT2D eigenvalue weighted by Crippen LogP contribution is -2.23. The molecule has 6 nitrogen and oxygen atoms in total. The Morgan fingerprint density at radius 1 is 1.15 bits per heavy atom. The van der Waals surface area contributed by atoms with Gasteiger partial charge in [-0.3, -0.25) is 14.5 Å². The summed E-state index contributed by atoms with van der Waals surface area (Å²) in [5, 5.41) is 4.55. The summed E-state index contributed by atoms with van der Waals surface area (Å²) >= 11 is 1.12. The molecule has 0 spiro atoms. The minimum atomic E-state index is -4.75. The van der Waals surface area contributed by atoms with Crippen LogP contribution in [0.4, 0.5) is 28.4 Å². The standard InChI is InChI=1S/C23H19F4N3O3S/c1-15(31)30(20-5-3-2-4-19(20)24)22-29-17(14-34-22)8-11-21(32)28-13-12-16-6-9-18(10-7-16)33-23(25,26)27/h2-11,14H,12-13H2,1H3,(H,28,32)/b11-8+. The van der Waals surface area contributed by atoms with Crippen LogP contribution in [0.1, 0.15) is 18.2 Å². The lowest BCUT2D eigenvalue weighted by atomic mass is 10.1. The van der Waals surface area contributed by atoms with E-state index in [4.69, 9.17) is 0 Å². The summed E-state index contributed by atoms with van der Waals surface area (Å²) in [5.74, 6) is -1.69. The monoisotopic (exact) mass is 493 g/mol. The molecule has 178 valence electrons. The number of nitrogens with zero attached hydrogens (tertiary/aromatic N) is 2. The Hall–Kier alpha value is -3.73. The van der Waals surface area contributed by atoms with Gasteiger partial charge in [0.25, 0.3) is 0 Å². The number of carbonyl (C=O) groups is 2. The molecule has 0 aliphatic rings. The van der Waals surface area contributed by atoms with E-state index in [2.05, 4.69) is 15.0 Å². The molecule has 1 heterocycles. The Morgan fingerprint density at radius 3 is 2.50 bits per heavy atom. The van der Waals surface area contributed by atoms with Gasteiger partial charge in [-0.15, -0.1) is 24.5 Å². The van der Waals surface area contributed by atoms with Crippen LogP contribution in [0.15, 0.2) is 60.0 Å². The Balaban J connectivity index is 1.54. The minimum Gasteiger partial charge on any atom is -0.406 e. The van der Waals surface area contributed by atoms with Gasteiger partial charge in [0.2, 0.25) is 11.8 Å². The van der Waals surface area contributed by atoms with E-state index in [0.717, 1.165) is 21.8 Å². The van der Waals surface area contributed by atoms with E-state index in [1.807, 2.05) is 0 Å². The fourth-order valence-electron chi connectivity index (χ4n) is 2.90. The molecule has 3 aromatic rings. The molecule has 0 fully saturated rings. The molecule has 3 rings (SSSR count). The average molecular weight is 493 g/mol. The summed E-state index contributed by atoms with van der Waals surface area (Å²) in [4.78, 5) is 29.6. The SMILES string of the molecule is CC(=O)N(c1nc(/C=C/C(=O)NCCc2ccc(OC(F)(F)F)cc2)cs1)c1ccccc1F. The van der Waals surface area contributed by atoms with Crippen LogP contribution in [0, 0.1) is 5.82 Å². The third-order valence-corrected chi connectivity index (χ3v) is 5.23. The van der Waals surface area contributed by atoms with Crippen LogP contribution in [0.5, 0.6) is 5.75 Å². The second-order valence-corrected chi connectivity index (χ2v) is 7.76. The number of carbonyl (C=O) groups excluding carboxylic acids is 2. The molecule has 0 atom stereocenters. The minimum absolute atomic E-state index is 0.0793. The molecular formula is C23H19F4N3O3S. The van der Waals surface area contributed by atoms with Gasteiger partial charge >= 0.3 is 6.36 Å². The number of para-hydroxylation sites is 1. The van der Waals surface area contributed by atoms with Crippen molar-refractivity contribution in [2.24, 2.45) is 0 Å². The maximum atomic E-state index is 14.1. The second-order valence-electron chi connectivity index (χ2n) is 6.93. The number of ether oxygens (including phenoxy) is 1. The molecule has 1 N–H and O–H groups in total. The molecule has 2 aromatic carbocycles. The molecule has 0 saturated heterocycles. The van der Waals surface area contributed by atoms with Crippen molar-refractivity contribution >= 4 is 40.0 Å². The summed E-state index contributed by atoms with van der Waals surface area (Å²) in [7, 11) is 0. The third-order valence-electron chi connectivity index (χ3n) is 4.38. The number of nitrogens with one attached hydrogen (secondary N) is 1. The highest BCUT2D eigenvalue weighted by Crippen LogP contribution is 2.31. The number of hydrogen-bond acceptors (Lipinski definition) is 5. The maximum absolute atomic E-state index is 14.1. The van der Waals surface area contributed by atoms with Crippen molar-refractivity contribution in [1.29, 1.82) is 0 Å². The molecule has 0 unspecified atom stereocenters. The predicted octanol–water partition coefficient (Wildman–Crippen LogP) is 5.24. The average Bonchev–Trinajstić information content (AvgIpc) is 3.22. The first-order valence-corrected chi connectivity index (χ1v) is 10.8. The topological polar surface area (TPSA) is 71.5 Å². The van der Waals surface area contributed by atoms with Crippen LogP contribution in [0.2, 0.25) is 0 Å². The number of halogens is 4. The van der Waals surface area contributed by atoms with Crippen LogP contribution < -0.4 is 15.0 Å². The fraction of sp³-hybridized carbons (Fsp3) is 0.174. The smallest absolute Gasteiger partial charge is 0.406 e. The van der Waals surface area contributed by atoms with Crippen LogP contribution in [0.25, 0.3) is 6.08 Å². The number of hydrogen-bond donors (Lipinski definition) is 1. The van der Waals surface area contributed by atoms with Gasteiger partial charge in [0, 0.05) is 24.9 Å². The summed E-state index contributed by atoms with van der Waals surface area (Å²) in [6.45, 7) is 1.56. The van der Waals surface area contributed by atoms with Gasteiger partial charge in [-0.05, 0) is 42.3 Å². The molecule has 0 bridgehead atoms.